The van der Waals surface area contributed by atoms with Gasteiger partial charge in [-0.15, -0.1) is 0 Å². The van der Waals surface area contributed by atoms with Crippen LogP contribution in [-0.2, 0) is 9.53 Å². The Hall–Kier alpha value is -1.52. The summed E-state index contributed by atoms with van der Waals surface area (Å²) in [6, 6.07) is 0. The molecule has 0 aromatic heterocycles. The predicted molar refractivity (Wildman–Crippen MR) is 67.3 cm³/mol. The number of allylic oxidation sites excluding steroid dienone is 1. The van der Waals surface area contributed by atoms with Crippen LogP contribution < -0.4 is 5.32 Å². The van der Waals surface area contributed by atoms with Crippen LogP contribution >= 0.6 is 0 Å². The highest BCUT2D eigenvalue weighted by Gasteiger charge is 2.41. The number of aliphatic carboxylic acids is 1. The van der Waals surface area contributed by atoms with E-state index in [1.807, 2.05) is 13.0 Å². The zero-order valence-electron chi connectivity index (χ0n) is 11.4. The number of hydrogen-bond acceptors (Lipinski definition) is 3. The van der Waals surface area contributed by atoms with Crippen LogP contribution in [0.5, 0.6) is 0 Å². The second-order valence-corrected chi connectivity index (χ2v) is 5.77. The topological polar surface area (TPSA) is 75.6 Å². The molecule has 0 fully saturated rings. The van der Waals surface area contributed by atoms with E-state index in [1.165, 1.54) is 0 Å². The van der Waals surface area contributed by atoms with Crippen molar-refractivity contribution in [3.8, 4) is 0 Å². The molecule has 0 bridgehead atoms. The minimum Gasteiger partial charge on any atom is -0.479 e. The zero-order chi connectivity index (χ0) is 14.0. The highest BCUT2D eigenvalue weighted by Crippen LogP contribution is 2.28. The van der Waals surface area contributed by atoms with Gasteiger partial charge in [-0.1, -0.05) is 11.6 Å². The number of alkyl carbamates (subject to hydrolysis) is 1. The lowest BCUT2D eigenvalue weighted by Gasteiger charge is -2.33. The first-order chi connectivity index (χ1) is 8.15. The third-order valence-electron chi connectivity index (χ3n) is 2.89. The summed E-state index contributed by atoms with van der Waals surface area (Å²) in [4.78, 5) is 23.1. The van der Waals surface area contributed by atoms with Crippen LogP contribution in [0.2, 0.25) is 0 Å². The smallest absolute Gasteiger partial charge is 0.408 e. The lowest BCUT2D eigenvalue weighted by atomic mass is 9.83. The van der Waals surface area contributed by atoms with Crippen molar-refractivity contribution in [3.05, 3.63) is 11.6 Å². The molecule has 0 unspecified atom stereocenters. The standard InChI is InChI=1S/C13H21NO4/c1-9-5-7-13(8-6-9,10(15)16)14-11(17)18-12(2,3)4/h5H,6-8H2,1-4H3,(H,14,17)(H,15,16)/t13-/m1/s1. The van der Waals surface area contributed by atoms with Crippen molar-refractivity contribution in [1.82, 2.24) is 5.32 Å². The molecular formula is C13H21NO4. The Bertz CT molecular complexity index is 381. The molecule has 102 valence electrons. The first-order valence-electron chi connectivity index (χ1n) is 6.05. The van der Waals surface area contributed by atoms with Gasteiger partial charge in [0, 0.05) is 0 Å². The molecule has 18 heavy (non-hydrogen) atoms. The Kier molecular flexibility index (Phi) is 4.04. The highest BCUT2D eigenvalue weighted by atomic mass is 16.6. The van der Waals surface area contributed by atoms with E-state index >= 15 is 0 Å². The fourth-order valence-electron chi connectivity index (χ4n) is 1.82. The third kappa shape index (κ3) is 3.75. The molecule has 0 aromatic carbocycles. The van der Waals surface area contributed by atoms with Crippen LogP contribution in [0.15, 0.2) is 11.6 Å². The number of nitrogens with one attached hydrogen (secondary N) is 1. The second-order valence-electron chi connectivity index (χ2n) is 5.77. The number of hydrogen-bond donors (Lipinski definition) is 2. The number of carboxylic acids is 1. The molecule has 1 atom stereocenters. The van der Waals surface area contributed by atoms with Crippen LogP contribution in [0, 0.1) is 0 Å². The van der Waals surface area contributed by atoms with E-state index in [0.29, 0.717) is 19.3 Å². The number of carbonyl (C=O) groups excluding carboxylic acids is 1. The molecule has 0 saturated carbocycles. The fourth-order valence-corrected chi connectivity index (χ4v) is 1.82. The van der Waals surface area contributed by atoms with Gasteiger partial charge in [0.1, 0.15) is 11.1 Å². The lowest BCUT2D eigenvalue weighted by Crippen LogP contribution is -2.56. The van der Waals surface area contributed by atoms with Gasteiger partial charge in [-0.2, -0.15) is 0 Å². The summed E-state index contributed by atoms with van der Waals surface area (Å²) in [5, 5.41) is 11.8. The number of carbonyl (C=O) groups is 2. The van der Waals surface area contributed by atoms with Crippen molar-refractivity contribution < 1.29 is 19.4 Å². The van der Waals surface area contributed by atoms with Gasteiger partial charge >= 0.3 is 12.1 Å². The maximum atomic E-state index is 11.7. The van der Waals surface area contributed by atoms with Gasteiger partial charge in [0.2, 0.25) is 0 Å². The van der Waals surface area contributed by atoms with Gasteiger partial charge in [0.15, 0.2) is 0 Å². The first-order valence-corrected chi connectivity index (χ1v) is 6.05. The Morgan fingerprint density at radius 2 is 2.06 bits per heavy atom. The number of amides is 1. The summed E-state index contributed by atoms with van der Waals surface area (Å²) >= 11 is 0. The van der Waals surface area contributed by atoms with E-state index in [-0.39, 0.29) is 0 Å². The summed E-state index contributed by atoms with van der Waals surface area (Å²) in [5.74, 6) is -1.02. The van der Waals surface area contributed by atoms with E-state index in [0.717, 1.165) is 5.57 Å². The van der Waals surface area contributed by atoms with Crippen LogP contribution in [0.4, 0.5) is 4.79 Å². The molecular weight excluding hydrogens is 234 g/mol. The molecule has 0 aliphatic heterocycles. The van der Waals surface area contributed by atoms with Crippen molar-refractivity contribution in [1.29, 1.82) is 0 Å². The molecule has 0 heterocycles. The minimum absolute atomic E-state index is 0.299. The van der Waals surface area contributed by atoms with Crippen LogP contribution in [-0.4, -0.2) is 28.3 Å². The zero-order valence-corrected chi connectivity index (χ0v) is 11.4. The monoisotopic (exact) mass is 255 g/mol. The maximum absolute atomic E-state index is 11.7. The Morgan fingerprint density at radius 3 is 2.44 bits per heavy atom. The third-order valence-corrected chi connectivity index (χ3v) is 2.89. The van der Waals surface area contributed by atoms with Crippen LogP contribution in [0.25, 0.3) is 0 Å². The second kappa shape index (κ2) is 5.00. The quantitative estimate of drug-likeness (QED) is 0.743. The van der Waals surface area contributed by atoms with Gasteiger partial charge in [-0.3, -0.25) is 0 Å². The molecule has 2 N–H and O–H groups in total. The summed E-state index contributed by atoms with van der Waals surface area (Å²) < 4.78 is 5.11. The van der Waals surface area contributed by atoms with Gasteiger partial charge in [-0.05, 0) is 47.0 Å². The van der Waals surface area contributed by atoms with E-state index < -0.39 is 23.2 Å². The van der Waals surface area contributed by atoms with Crippen molar-refractivity contribution >= 4 is 12.1 Å². The van der Waals surface area contributed by atoms with Crippen molar-refractivity contribution in [2.45, 2.75) is 58.1 Å². The van der Waals surface area contributed by atoms with E-state index in [9.17, 15) is 14.7 Å². The minimum atomic E-state index is -1.23. The molecule has 5 heteroatoms. The van der Waals surface area contributed by atoms with Gasteiger partial charge < -0.3 is 15.2 Å². The lowest BCUT2D eigenvalue weighted by molar-refractivity contribution is -0.145. The Labute approximate surface area is 107 Å². The SMILES string of the molecule is CC1=CC[C@](NC(=O)OC(C)(C)C)(C(=O)O)CC1. The summed E-state index contributed by atoms with van der Waals surface area (Å²) in [6.07, 6.45) is 2.53. The first kappa shape index (κ1) is 14.5. The largest absolute Gasteiger partial charge is 0.479 e. The van der Waals surface area contributed by atoms with E-state index in [4.69, 9.17) is 4.74 Å². The van der Waals surface area contributed by atoms with E-state index in [1.54, 1.807) is 20.8 Å². The summed E-state index contributed by atoms with van der Waals surface area (Å²) in [6.45, 7) is 7.18. The van der Waals surface area contributed by atoms with Gasteiger partial charge in [-0.25, -0.2) is 9.59 Å². The van der Waals surface area contributed by atoms with Crippen LogP contribution in [0.1, 0.15) is 47.0 Å². The van der Waals surface area contributed by atoms with Crippen molar-refractivity contribution in [3.63, 3.8) is 0 Å². The molecule has 1 rings (SSSR count). The molecule has 0 saturated heterocycles. The van der Waals surface area contributed by atoms with Gasteiger partial charge in [0.05, 0.1) is 0 Å². The maximum Gasteiger partial charge on any atom is 0.408 e. The van der Waals surface area contributed by atoms with Crippen LogP contribution in [0.3, 0.4) is 0 Å². The predicted octanol–water partition coefficient (Wildman–Crippen LogP) is 2.46. The van der Waals surface area contributed by atoms with Crippen molar-refractivity contribution in [2.24, 2.45) is 0 Å². The van der Waals surface area contributed by atoms with Crippen molar-refractivity contribution in [2.75, 3.05) is 0 Å². The van der Waals surface area contributed by atoms with Gasteiger partial charge in [0.25, 0.3) is 0 Å². The summed E-state index contributed by atoms with van der Waals surface area (Å²) in [7, 11) is 0. The van der Waals surface area contributed by atoms with E-state index in [2.05, 4.69) is 5.32 Å². The molecule has 5 nitrogen and oxygen atoms in total. The molecule has 1 amide bonds. The Balaban J connectivity index is 2.77. The normalized spacial score (nSPS) is 24.1. The number of carboxylic acid groups (broad SMARTS) is 1. The highest BCUT2D eigenvalue weighted by molar-refractivity contribution is 5.85. The molecule has 0 spiro atoms. The Morgan fingerprint density at radius 1 is 1.44 bits per heavy atom. The fraction of sp³-hybridized carbons (Fsp3) is 0.692. The average Bonchev–Trinajstić information content (AvgIpc) is 2.18. The molecule has 0 aromatic rings. The average molecular weight is 255 g/mol. The molecule has 1 aliphatic rings. The number of rotatable bonds is 2. The summed E-state index contributed by atoms with van der Waals surface area (Å²) in [5.41, 5.74) is -0.718. The molecule has 1 aliphatic carbocycles. The number of ether oxygens (including phenoxy) is 1. The molecule has 0 radical (unpaired) electrons.